The quantitative estimate of drug-likeness (QED) is 0.523. The van der Waals surface area contributed by atoms with E-state index in [4.69, 9.17) is 14.2 Å². The minimum absolute atomic E-state index is 0.0573. The Hall–Kier alpha value is -3.42. The SMILES string of the molecule is CCOC(=O)c1ccc(C(=O)N2CCC(C(=O)c3ccc4c(c3)OCCO4)CC2)nc1C. The van der Waals surface area contributed by atoms with Gasteiger partial charge in [0.1, 0.15) is 18.9 Å². The molecule has 0 unspecified atom stereocenters. The average molecular weight is 438 g/mol. The molecule has 2 aromatic rings. The summed E-state index contributed by atoms with van der Waals surface area (Å²) in [4.78, 5) is 43.8. The van der Waals surface area contributed by atoms with Gasteiger partial charge in [-0.2, -0.15) is 0 Å². The highest BCUT2D eigenvalue weighted by Gasteiger charge is 2.30. The van der Waals surface area contributed by atoms with Gasteiger partial charge in [0.2, 0.25) is 0 Å². The molecule has 0 N–H and O–H groups in total. The summed E-state index contributed by atoms with van der Waals surface area (Å²) in [5, 5.41) is 0. The number of ether oxygens (including phenoxy) is 3. The first-order valence-electron chi connectivity index (χ1n) is 10.9. The lowest BCUT2D eigenvalue weighted by molar-refractivity contribution is 0.0523. The maximum absolute atomic E-state index is 13.0. The summed E-state index contributed by atoms with van der Waals surface area (Å²) in [5.41, 5.74) is 1.70. The molecule has 0 atom stereocenters. The second-order valence-electron chi connectivity index (χ2n) is 7.84. The molecule has 0 spiro atoms. The zero-order chi connectivity index (χ0) is 22.7. The Kier molecular flexibility index (Phi) is 6.39. The van der Waals surface area contributed by atoms with Crippen LogP contribution in [0.15, 0.2) is 30.3 Å². The van der Waals surface area contributed by atoms with E-state index in [1.54, 1.807) is 49.1 Å². The highest BCUT2D eigenvalue weighted by Crippen LogP contribution is 2.32. The van der Waals surface area contributed by atoms with Crippen molar-refractivity contribution in [3.05, 3.63) is 52.8 Å². The second-order valence-corrected chi connectivity index (χ2v) is 7.84. The number of hydrogen-bond donors (Lipinski definition) is 0. The number of esters is 1. The molecular formula is C24H26N2O6. The third-order valence-electron chi connectivity index (χ3n) is 5.78. The number of amides is 1. The fourth-order valence-electron chi connectivity index (χ4n) is 4.04. The van der Waals surface area contributed by atoms with Crippen molar-refractivity contribution in [3.8, 4) is 11.5 Å². The molecular weight excluding hydrogens is 412 g/mol. The number of aryl methyl sites for hydroxylation is 1. The van der Waals surface area contributed by atoms with E-state index in [-0.39, 0.29) is 29.9 Å². The van der Waals surface area contributed by atoms with Crippen molar-refractivity contribution in [2.24, 2.45) is 5.92 Å². The first kappa shape index (κ1) is 21.8. The van der Waals surface area contributed by atoms with Crippen LogP contribution in [-0.4, -0.2) is 60.5 Å². The Bertz CT molecular complexity index is 1040. The van der Waals surface area contributed by atoms with E-state index >= 15 is 0 Å². The van der Waals surface area contributed by atoms with Crippen LogP contribution in [0.2, 0.25) is 0 Å². The molecule has 8 nitrogen and oxygen atoms in total. The van der Waals surface area contributed by atoms with Gasteiger partial charge in [-0.15, -0.1) is 0 Å². The van der Waals surface area contributed by atoms with Crippen LogP contribution in [0, 0.1) is 12.8 Å². The van der Waals surface area contributed by atoms with Crippen LogP contribution in [0.1, 0.15) is 56.7 Å². The molecule has 1 aromatic carbocycles. The van der Waals surface area contributed by atoms with E-state index in [0.29, 0.717) is 67.5 Å². The van der Waals surface area contributed by atoms with Crippen LogP contribution in [-0.2, 0) is 4.74 Å². The van der Waals surface area contributed by atoms with Gasteiger partial charge < -0.3 is 19.1 Å². The van der Waals surface area contributed by atoms with Crippen molar-refractivity contribution in [2.45, 2.75) is 26.7 Å². The second kappa shape index (κ2) is 9.38. The van der Waals surface area contributed by atoms with Crippen LogP contribution < -0.4 is 9.47 Å². The predicted molar refractivity (Wildman–Crippen MR) is 115 cm³/mol. The fourth-order valence-corrected chi connectivity index (χ4v) is 4.04. The molecule has 0 bridgehead atoms. The first-order valence-corrected chi connectivity index (χ1v) is 10.9. The smallest absolute Gasteiger partial charge is 0.339 e. The van der Waals surface area contributed by atoms with E-state index < -0.39 is 5.97 Å². The van der Waals surface area contributed by atoms with Crippen LogP contribution in [0.4, 0.5) is 0 Å². The number of carbonyl (C=O) groups is 3. The molecule has 1 saturated heterocycles. The van der Waals surface area contributed by atoms with Crippen LogP contribution in [0.25, 0.3) is 0 Å². The van der Waals surface area contributed by atoms with E-state index in [9.17, 15) is 14.4 Å². The lowest BCUT2D eigenvalue weighted by Crippen LogP contribution is -2.40. The number of carbonyl (C=O) groups excluding carboxylic acids is 3. The van der Waals surface area contributed by atoms with Crippen molar-refractivity contribution in [2.75, 3.05) is 32.9 Å². The number of fused-ring (bicyclic) bond motifs is 1. The molecule has 0 saturated carbocycles. The summed E-state index contributed by atoms with van der Waals surface area (Å²) in [6.45, 7) is 5.62. The standard InChI is InChI=1S/C24H26N2O6/c1-3-30-24(29)18-5-6-19(25-15(18)2)23(28)26-10-8-16(9-11-26)22(27)17-4-7-20-21(14-17)32-13-12-31-20/h4-7,14,16H,3,8-13H2,1-2H3. The molecule has 8 heteroatoms. The highest BCUT2D eigenvalue weighted by molar-refractivity contribution is 5.99. The van der Waals surface area contributed by atoms with Crippen LogP contribution >= 0.6 is 0 Å². The molecule has 0 aliphatic carbocycles. The fraction of sp³-hybridized carbons (Fsp3) is 0.417. The van der Waals surface area contributed by atoms with Gasteiger partial charge >= 0.3 is 5.97 Å². The summed E-state index contributed by atoms with van der Waals surface area (Å²) < 4.78 is 16.1. The van der Waals surface area contributed by atoms with Crippen LogP contribution in [0.3, 0.4) is 0 Å². The number of likely N-dealkylation sites (tertiary alicyclic amines) is 1. The minimum Gasteiger partial charge on any atom is -0.486 e. The monoisotopic (exact) mass is 438 g/mol. The number of benzene rings is 1. The van der Waals surface area contributed by atoms with Gasteiger partial charge in [0.05, 0.1) is 17.9 Å². The average Bonchev–Trinajstić information content (AvgIpc) is 2.83. The molecule has 2 aliphatic heterocycles. The van der Waals surface area contributed by atoms with Crippen LogP contribution in [0.5, 0.6) is 11.5 Å². The van der Waals surface area contributed by atoms with Gasteiger partial charge in [-0.1, -0.05) is 0 Å². The Morgan fingerprint density at radius 2 is 1.78 bits per heavy atom. The molecule has 1 amide bonds. The normalized spacial score (nSPS) is 15.9. The number of Topliss-reactive ketones (excluding diaryl/α,β-unsaturated/α-hetero) is 1. The first-order chi connectivity index (χ1) is 15.5. The predicted octanol–water partition coefficient (Wildman–Crippen LogP) is 3.07. The van der Waals surface area contributed by atoms with E-state index in [2.05, 4.69) is 4.98 Å². The van der Waals surface area contributed by atoms with E-state index in [1.165, 1.54) is 0 Å². The molecule has 1 fully saturated rings. The third kappa shape index (κ3) is 4.44. The van der Waals surface area contributed by atoms with Gasteiger partial charge in [0, 0.05) is 24.6 Å². The number of nitrogens with zero attached hydrogens (tertiary/aromatic N) is 2. The summed E-state index contributed by atoms with van der Waals surface area (Å²) in [5.74, 6) is 0.514. The van der Waals surface area contributed by atoms with Crippen molar-refractivity contribution in [1.29, 1.82) is 0 Å². The highest BCUT2D eigenvalue weighted by atomic mass is 16.6. The van der Waals surface area contributed by atoms with Crippen molar-refractivity contribution in [1.82, 2.24) is 9.88 Å². The third-order valence-corrected chi connectivity index (χ3v) is 5.78. The lowest BCUT2D eigenvalue weighted by Gasteiger charge is -2.31. The number of pyridine rings is 1. The molecule has 3 heterocycles. The number of piperidine rings is 1. The van der Waals surface area contributed by atoms with Crippen molar-refractivity contribution in [3.63, 3.8) is 0 Å². The van der Waals surface area contributed by atoms with Gasteiger partial charge in [-0.05, 0) is 57.0 Å². The largest absolute Gasteiger partial charge is 0.486 e. The number of rotatable bonds is 5. The number of hydrogen-bond acceptors (Lipinski definition) is 7. The molecule has 0 radical (unpaired) electrons. The molecule has 168 valence electrons. The van der Waals surface area contributed by atoms with Gasteiger partial charge in [0.25, 0.3) is 5.91 Å². The van der Waals surface area contributed by atoms with Gasteiger partial charge in [-0.3, -0.25) is 9.59 Å². The Morgan fingerprint density at radius 3 is 2.47 bits per heavy atom. The van der Waals surface area contributed by atoms with Gasteiger partial charge in [0.15, 0.2) is 17.3 Å². The van der Waals surface area contributed by atoms with E-state index in [0.717, 1.165) is 0 Å². The van der Waals surface area contributed by atoms with Gasteiger partial charge in [-0.25, -0.2) is 9.78 Å². The van der Waals surface area contributed by atoms with Crippen molar-refractivity contribution >= 4 is 17.7 Å². The Morgan fingerprint density at radius 1 is 1.06 bits per heavy atom. The molecule has 2 aliphatic rings. The Balaban J connectivity index is 1.38. The summed E-state index contributed by atoms with van der Waals surface area (Å²) in [7, 11) is 0. The molecule has 1 aromatic heterocycles. The lowest BCUT2D eigenvalue weighted by atomic mass is 9.88. The summed E-state index contributed by atoms with van der Waals surface area (Å²) >= 11 is 0. The maximum Gasteiger partial charge on any atom is 0.339 e. The number of aromatic nitrogens is 1. The zero-order valence-corrected chi connectivity index (χ0v) is 18.3. The number of ketones is 1. The topological polar surface area (TPSA) is 95.0 Å². The molecule has 4 rings (SSSR count). The zero-order valence-electron chi connectivity index (χ0n) is 18.3. The molecule has 32 heavy (non-hydrogen) atoms. The maximum atomic E-state index is 13.0. The Labute approximate surface area is 186 Å². The van der Waals surface area contributed by atoms with E-state index in [1.807, 2.05) is 0 Å². The summed E-state index contributed by atoms with van der Waals surface area (Å²) in [6, 6.07) is 8.41. The minimum atomic E-state index is -0.449. The summed E-state index contributed by atoms with van der Waals surface area (Å²) in [6.07, 6.45) is 1.16. The van der Waals surface area contributed by atoms with Crippen molar-refractivity contribution < 1.29 is 28.6 Å².